The molecule has 1 fully saturated rings. The van der Waals surface area contributed by atoms with Crippen LogP contribution >= 0.6 is 11.5 Å². The van der Waals surface area contributed by atoms with Crippen molar-refractivity contribution in [3.63, 3.8) is 0 Å². The average molecular weight is 336 g/mol. The maximum atomic E-state index is 11.8. The van der Waals surface area contributed by atoms with Crippen LogP contribution in [0, 0.1) is 0 Å². The summed E-state index contributed by atoms with van der Waals surface area (Å²) in [6, 6.07) is -0.0762. The fourth-order valence-corrected chi connectivity index (χ4v) is 3.30. The van der Waals surface area contributed by atoms with Crippen LogP contribution in [-0.2, 0) is 16.6 Å². The Kier molecular flexibility index (Phi) is 4.58. The molecule has 0 aliphatic carbocycles. The van der Waals surface area contributed by atoms with Crippen molar-refractivity contribution in [2.75, 3.05) is 12.4 Å². The lowest BCUT2D eigenvalue weighted by Gasteiger charge is -2.32. The van der Waals surface area contributed by atoms with Gasteiger partial charge in [-0.3, -0.25) is 9.48 Å². The number of amides is 1. The highest BCUT2D eigenvalue weighted by Gasteiger charge is 2.31. The molecule has 0 radical (unpaired) electrons. The number of ether oxygens (including phenoxy) is 1. The molecule has 0 aromatic carbocycles. The van der Waals surface area contributed by atoms with Crippen molar-refractivity contribution in [2.24, 2.45) is 7.05 Å². The first-order valence-corrected chi connectivity index (χ1v) is 8.25. The van der Waals surface area contributed by atoms with Crippen LogP contribution in [0.2, 0.25) is 0 Å². The fraction of sp³-hybridized carbons (Fsp3) is 0.571. The summed E-state index contributed by atoms with van der Waals surface area (Å²) >= 11 is 1.30. The molecule has 1 aliphatic rings. The summed E-state index contributed by atoms with van der Waals surface area (Å²) in [6.07, 6.45) is 4.80. The molecule has 2 aromatic heterocycles. The van der Waals surface area contributed by atoms with E-state index in [1.54, 1.807) is 18.0 Å². The molecule has 3 atom stereocenters. The number of carbonyl (C=O) groups excluding carboxylic acids is 1. The van der Waals surface area contributed by atoms with E-state index >= 15 is 0 Å². The molecule has 3 heterocycles. The summed E-state index contributed by atoms with van der Waals surface area (Å²) in [5.41, 5.74) is 0.980. The smallest absolute Gasteiger partial charge is 0.220 e. The Balaban J connectivity index is 1.76. The summed E-state index contributed by atoms with van der Waals surface area (Å²) in [6.45, 7) is 1.91. The first-order chi connectivity index (χ1) is 11.1. The highest BCUT2D eigenvalue weighted by molar-refractivity contribution is 7.09. The molecule has 1 saturated heterocycles. The quantitative estimate of drug-likeness (QED) is 0.857. The number of anilines is 1. The maximum Gasteiger partial charge on any atom is 0.220 e. The maximum absolute atomic E-state index is 11.8. The number of methoxy groups -OCH3 is 1. The van der Waals surface area contributed by atoms with Crippen LogP contribution in [0.3, 0.4) is 0 Å². The van der Waals surface area contributed by atoms with Gasteiger partial charge in [-0.1, -0.05) is 0 Å². The van der Waals surface area contributed by atoms with Crippen molar-refractivity contribution in [2.45, 2.75) is 38.0 Å². The molecule has 0 bridgehead atoms. The van der Waals surface area contributed by atoms with E-state index in [4.69, 9.17) is 4.74 Å². The van der Waals surface area contributed by atoms with Gasteiger partial charge in [0.25, 0.3) is 0 Å². The zero-order valence-electron chi connectivity index (χ0n) is 13.3. The van der Waals surface area contributed by atoms with Crippen LogP contribution in [0.15, 0.2) is 12.4 Å². The summed E-state index contributed by atoms with van der Waals surface area (Å²) in [7, 11) is 3.49. The van der Waals surface area contributed by atoms with Gasteiger partial charge >= 0.3 is 0 Å². The standard InChI is InChI=1S/C14H20N6O2S/c1-8(22-3)13-18-14(23-19-13)16-10-4-5-11(21)17-12(10)9-6-15-20(2)7-9/h6-8,10,12H,4-5H2,1-3H3,(H,17,21)(H,16,18,19)/t8?,10-,12+/m1/s1. The molecule has 1 unspecified atom stereocenters. The molecule has 1 amide bonds. The van der Waals surface area contributed by atoms with Gasteiger partial charge in [0.1, 0.15) is 6.10 Å². The molecule has 0 saturated carbocycles. The molecule has 2 N–H and O–H groups in total. The lowest BCUT2D eigenvalue weighted by Crippen LogP contribution is -2.45. The monoisotopic (exact) mass is 336 g/mol. The molecule has 2 aromatic rings. The van der Waals surface area contributed by atoms with E-state index in [-0.39, 0.29) is 24.1 Å². The van der Waals surface area contributed by atoms with Crippen molar-refractivity contribution in [3.05, 3.63) is 23.8 Å². The number of piperidine rings is 1. The van der Waals surface area contributed by atoms with Crippen molar-refractivity contribution in [3.8, 4) is 0 Å². The first kappa shape index (κ1) is 15.9. The first-order valence-electron chi connectivity index (χ1n) is 7.47. The lowest BCUT2D eigenvalue weighted by atomic mass is 9.94. The molecule has 8 nitrogen and oxygen atoms in total. The Hall–Kier alpha value is -2.00. The van der Waals surface area contributed by atoms with E-state index in [9.17, 15) is 4.79 Å². The number of aryl methyl sites for hydroxylation is 1. The van der Waals surface area contributed by atoms with Gasteiger partial charge in [-0.15, -0.1) is 0 Å². The number of nitrogens with zero attached hydrogens (tertiary/aromatic N) is 4. The number of carbonyl (C=O) groups is 1. The van der Waals surface area contributed by atoms with Gasteiger partial charge in [0.15, 0.2) is 5.82 Å². The third kappa shape index (κ3) is 3.50. The topological polar surface area (TPSA) is 94.0 Å². The largest absolute Gasteiger partial charge is 0.374 e. The fourth-order valence-electron chi connectivity index (χ4n) is 2.59. The molecule has 9 heteroatoms. The second-order valence-electron chi connectivity index (χ2n) is 5.62. The van der Waals surface area contributed by atoms with E-state index in [0.717, 1.165) is 17.1 Å². The highest BCUT2D eigenvalue weighted by Crippen LogP contribution is 2.28. The minimum absolute atomic E-state index is 0.0514. The predicted octanol–water partition coefficient (Wildman–Crippen LogP) is 1.41. The second-order valence-corrected chi connectivity index (χ2v) is 6.37. The van der Waals surface area contributed by atoms with Gasteiger partial charge in [0.2, 0.25) is 11.0 Å². The Bertz CT molecular complexity index is 684. The van der Waals surface area contributed by atoms with Gasteiger partial charge in [0.05, 0.1) is 18.3 Å². The number of nitrogens with one attached hydrogen (secondary N) is 2. The van der Waals surface area contributed by atoms with E-state index < -0.39 is 0 Å². The molecule has 124 valence electrons. The highest BCUT2D eigenvalue weighted by atomic mass is 32.1. The van der Waals surface area contributed by atoms with Crippen molar-refractivity contribution in [1.29, 1.82) is 0 Å². The Labute approximate surface area is 138 Å². The summed E-state index contributed by atoms with van der Waals surface area (Å²) < 4.78 is 11.3. The third-order valence-electron chi connectivity index (χ3n) is 3.95. The van der Waals surface area contributed by atoms with Crippen molar-refractivity contribution in [1.82, 2.24) is 24.5 Å². The van der Waals surface area contributed by atoms with Gasteiger partial charge in [-0.05, 0) is 13.3 Å². The molecular formula is C14H20N6O2S. The Morgan fingerprint density at radius 1 is 1.57 bits per heavy atom. The van der Waals surface area contributed by atoms with Gasteiger partial charge < -0.3 is 15.4 Å². The van der Waals surface area contributed by atoms with Crippen molar-refractivity contribution >= 4 is 22.6 Å². The minimum Gasteiger partial charge on any atom is -0.374 e. The molecule has 1 aliphatic heterocycles. The van der Waals surface area contributed by atoms with Crippen LogP contribution in [0.25, 0.3) is 0 Å². The molecular weight excluding hydrogens is 316 g/mol. The molecule has 3 rings (SSSR count). The van der Waals surface area contributed by atoms with Crippen LogP contribution < -0.4 is 10.6 Å². The van der Waals surface area contributed by atoms with E-state index in [0.29, 0.717) is 12.2 Å². The number of hydrogen-bond acceptors (Lipinski definition) is 7. The Morgan fingerprint density at radius 3 is 3.09 bits per heavy atom. The lowest BCUT2D eigenvalue weighted by molar-refractivity contribution is -0.123. The summed E-state index contributed by atoms with van der Waals surface area (Å²) in [5, 5.41) is 11.4. The average Bonchev–Trinajstić information content (AvgIpc) is 3.17. The number of hydrogen-bond donors (Lipinski definition) is 2. The van der Waals surface area contributed by atoms with Crippen LogP contribution in [0.4, 0.5) is 5.13 Å². The predicted molar refractivity (Wildman–Crippen MR) is 86.1 cm³/mol. The van der Waals surface area contributed by atoms with Gasteiger partial charge in [0, 0.05) is 43.9 Å². The van der Waals surface area contributed by atoms with E-state index in [1.807, 2.05) is 20.2 Å². The van der Waals surface area contributed by atoms with Gasteiger partial charge in [-0.25, -0.2) is 4.98 Å². The molecule has 23 heavy (non-hydrogen) atoms. The van der Waals surface area contributed by atoms with Crippen LogP contribution in [0.5, 0.6) is 0 Å². The number of rotatable bonds is 5. The SMILES string of the molecule is COC(C)c1nsc(N[C@@H]2CCC(=O)N[C@H]2c2cnn(C)c2)n1. The number of aromatic nitrogens is 4. The summed E-state index contributed by atoms with van der Waals surface area (Å²) in [4.78, 5) is 16.2. The van der Waals surface area contributed by atoms with Crippen LogP contribution in [-0.4, -0.2) is 38.2 Å². The zero-order valence-corrected chi connectivity index (χ0v) is 14.1. The van der Waals surface area contributed by atoms with E-state index in [2.05, 4.69) is 25.1 Å². The summed E-state index contributed by atoms with van der Waals surface area (Å²) in [5.74, 6) is 0.723. The molecule has 0 spiro atoms. The zero-order chi connectivity index (χ0) is 16.4. The Morgan fingerprint density at radius 2 is 2.39 bits per heavy atom. The van der Waals surface area contributed by atoms with E-state index in [1.165, 1.54) is 11.5 Å². The van der Waals surface area contributed by atoms with Crippen LogP contribution in [0.1, 0.15) is 43.3 Å². The normalized spacial score (nSPS) is 22.7. The van der Waals surface area contributed by atoms with Crippen molar-refractivity contribution < 1.29 is 9.53 Å². The minimum atomic E-state index is -0.137. The third-order valence-corrected chi connectivity index (χ3v) is 4.61. The van der Waals surface area contributed by atoms with Gasteiger partial charge in [-0.2, -0.15) is 9.47 Å². The second kappa shape index (κ2) is 6.63.